The van der Waals surface area contributed by atoms with E-state index >= 15 is 0 Å². The van der Waals surface area contributed by atoms with Crippen LogP contribution in [0.15, 0.2) is 12.2 Å². The normalized spacial score (nSPS) is 13.8. The molecule has 0 bridgehead atoms. The maximum Gasteiger partial charge on any atom is 0.334 e. The Bertz CT molecular complexity index is 238. The van der Waals surface area contributed by atoms with Gasteiger partial charge in [-0.05, 0) is 32.9 Å². The zero-order valence-corrected chi connectivity index (χ0v) is 10.8. The molecule has 0 amide bonds. The third kappa shape index (κ3) is 6.28. The molecule has 0 aromatic heterocycles. The highest BCUT2D eigenvalue weighted by Gasteiger charge is 2.19. The van der Waals surface area contributed by atoms with Crippen LogP contribution < -0.4 is 0 Å². The fourth-order valence-corrected chi connectivity index (χ4v) is 1.06. The summed E-state index contributed by atoms with van der Waals surface area (Å²) in [4.78, 5) is 13.4. The number of hydrogen-bond acceptors (Lipinski definition) is 3. The molecule has 0 aliphatic heterocycles. The summed E-state index contributed by atoms with van der Waals surface area (Å²) in [6.07, 6.45) is 0.445. The summed E-state index contributed by atoms with van der Waals surface area (Å²) >= 11 is 0. The molecule has 0 aromatic carbocycles. The number of nitrogens with zero attached hydrogens (tertiary/aromatic N) is 1. The van der Waals surface area contributed by atoms with Gasteiger partial charge in [-0.3, -0.25) is 4.90 Å². The van der Waals surface area contributed by atoms with Crippen LogP contribution in [0.2, 0.25) is 0 Å². The number of ether oxygens (including phenoxy) is 1. The van der Waals surface area contributed by atoms with Crippen molar-refractivity contribution in [2.45, 2.75) is 40.3 Å². The molecule has 0 radical (unpaired) electrons. The third-order valence-electron chi connectivity index (χ3n) is 2.04. The highest BCUT2D eigenvalue weighted by Crippen LogP contribution is 2.23. The molecule has 0 aromatic rings. The minimum atomic E-state index is -0.300. The Morgan fingerprint density at radius 3 is 2.20 bits per heavy atom. The Kier molecular flexibility index (Phi) is 5.01. The molecule has 0 saturated heterocycles. The van der Waals surface area contributed by atoms with Gasteiger partial charge in [0, 0.05) is 5.57 Å². The topological polar surface area (TPSA) is 29.5 Å². The van der Waals surface area contributed by atoms with Gasteiger partial charge in [0.05, 0.1) is 0 Å². The van der Waals surface area contributed by atoms with E-state index in [-0.39, 0.29) is 17.6 Å². The lowest BCUT2D eigenvalue weighted by Crippen LogP contribution is -2.30. The van der Waals surface area contributed by atoms with Gasteiger partial charge < -0.3 is 4.74 Å². The van der Waals surface area contributed by atoms with Crippen LogP contribution in [0.5, 0.6) is 0 Å². The SMILES string of the molecule is C=C(CC(C)(C)C)C(=O)OC(C)N(C)C. The molecule has 0 fully saturated rings. The summed E-state index contributed by atoms with van der Waals surface area (Å²) in [7, 11) is 3.73. The van der Waals surface area contributed by atoms with Crippen molar-refractivity contribution in [2.75, 3.05) is 14.1 Å². The number of esters is 1. The predicted octanol–water partition coefficient (Wildman–Crippen LogP) is 2.43. The molecule has 15 heavy (non-hydrogen) atoms. The van der Waals surface area contributed by atoms with E-state index in [1.807, 2.05) is 25.9 Å². The van der Waals surface area contributed by atoms with Crippen LogP contribution >= 0.6 is 0 Å². The molecule has 1 unspecified atom stereocenters. The molecule has 0 N–H and O–H groups in total. The van der Waals surface area contributed by atoms with E-state index < -0.39 is 0 Å². The highest BCUT2D eigenvalue weighted by atomic mass is 16.6. The van der Waals surface area contributed by atoms with Gasteiger partial charge in [-0.25, -0.2) is 4.79 Å². The molecule has 0 rings (SSSR count). The van der Waals surface area contributed by atoms with Crippen molar-refractivity contribution in [3.63, 3.8) is 0 Å². The second kappa shape index (κ2) is 5.31. The molecule has 3 heteroatoms. The first kappa shape index (κ1) is 14.2. The van der Waals surface area contributed by atoms with Crippen molar-refractivity contribution < 1.29 is 9.53 Å². The largest absolute Gasteiger partial charge is 0.443 e. The zero-order chi connectivity index (χ0) is 12.2. The van der Waals surface area contributed by atoms with Gasteiger partial charge in [-0.15, -0.1) is 0 Å². The molecule has 0 aliphatic rings. The van der Waals surface area contributed by atoms with E-state index in [2.05, 4.69) is 27.4 Å². The minimum absolute atomic E-state index is 0.0669. The molecule has 3 nitrogen and oxygen atoms in total. The van der Waals surface area contributed by atoms with Gasteiger partial charge in [0.15, 0.2) is 6.23 Å². The summed E-state index contributed by atoms with van der Waals surface area (Å²) in [5, 5.41) is 0. The van der Waals surface area contributed by atoms with E-state index in [1.54, 1.807) is 0 Å². The number of rotatable bonds is 4. The van der Waals surface area contributed by atoms with Crippen molar-refractivity contribution in [1.82, 2.24) is 4.90 Å². The Morgan fingerprint density at radius 1 is 1.40 bits per heavy atom. The number of carbonyl (C=O) groups excluding carboxylic acids is 1. The monoisotopic (exact) mass is 213 g/mol. The second-order valence-electron chi connectivity index (χ2n) is 5.31. The summed E-state index contributed by atoms with van der Waals surface area (Å²) in [6.45, 7) is 11.8. The molecule has 0 heterocycles. The van der Waals surface area contributed by atoms with Crippen LogP contribution in [0.4, 0.5) is 0 Å². The van der Waals surface area contributed by atoms with Crippen LogP contribution in [-0.2, 0) is 9.53 Å². The van der Waals surface area contributed by atoms with Crippen molar-refractivity contribution in [1.29, 1.82) is 0 Å². The molecule has 88 valence electrons. The lowest BCUT2D eigenvalue weighted by atomic mass is 9.88. The average Bonchev–Trinajstić information content (AvgIpc) is 2.00. The first-order chi connectivity index (χ1) is 6.63. The van der Waals surface area contributed by atoms with Gasteiger partial charge >= 0.3 is 5.97 Å². The smallest absolute Gasteiger partial charge is 0.334 e. The fraction of sp³-hybridized carbons (Fsp3) is 0.750. The number of hydrogen-bond donors (Lipinski definition) is 0. The van der Waals surface area contributed by atoms with Crippen molar-refractivity contribution in [2.24, 2.45) is 5.41 Å². The van der Waals surface area contributed by atoms with E-state index in [0.29, 0.717) is 12.0 Å². The van der Waals surface area contributed by atoms with Gasteiger partial charge in [-0.1, -0.05) is 27.4 Å². The Hall–Kier alpha value is -0.830. The Morgan fingerprint density at radius 2 is 1.87 bits per heavy atom. The predicted molar refractivity (Wildman–Crippen MR) is 62.5 cm³/mol. The van der Waals surface area contributed by atoms with E-state index in [0.717, 1.165) is 0 Å². The van der Waals surface area contributed by atoms with E-state index in [4.69, 9.17) is 4.74 Å². The van der Waals surface area contributed by atoms with Gasteiger partial charge in [0.1, 0.15) is 0 Å². The highest BCUT2D eigenvalue weighted by molar-refractivity contribution is 5.87. The van der Waals surface area contributed by atoms with Crippen LogP contribution in [0.3, 0.4) is 0 Å². The lowest BCUT2D eigenvalue weighted by Gasteiger charge is -2.23. The minimum Gasteiger partial charge on any atom is -0.443 e. The molecule has 0 spiro atoms. The van der Waals surface area contributed by atoms with E-state index in [9.17, 15) is 4.79 Å². The van der Waals surface area contributed by atoms with Crippen LogP contribution in [-0.4, -0.2) is 31.2 Å². The molecule has 0 saturated carbocycles. The van der Waals surface area contributed by atoms with Crippen molar-refractivity contribution in [3.8, 4) is 0 Å². The van der Waals surface area contributed by atoms with Crippen LogP contribution in [0, 0.1) is 5.41 Å². The Balaban J connectivity index is 4.18. The summed E-state index contributed by atoms with van der Waals surface area (Å²) < 4.78 is 5.21. The summed E-state index contributed by atoms with van der Waals surface area (Å²) in [6, 6.07) is 0. The third-order valence-corrected chi connectivity index (χ3v) is 2.04. The molecule has 1 atom stereocenters. The maximum absolute atomic E-state index is 11.6. The first-order valence-electron chi connectivity index (χ1n) is 5.18. The van der Waals surface area contributed by atoms with Crippen molar-refractivity contribution >= 4 is 5.97 Å². The van der Waals surface area contributed by atoms with E-state index in [1.165, 1.54) is 0 Å². The van der Waals surface area contributed by atoms with Crippen LogP contribution in [0.1, 0.15) is 34.1 Å². The number of carbonyl (C=O) groups is 1. The summed E-state index contributed by atoms with van der Waals surface area (Å²) in [5.74, 6) is -0.300. The molecular formula is C12H23NO2. The lowest BCUT2D eigenvalue weighted by molar-refractivity contribution is -0.150. The van der Waals surface area contributed by atoms with Crippen molar-refractivity contribution in [3.05, 3.63) is 12.2 Å². The first-order valence-corrected chi connectivity index (χ1v) is 5.18. The second-order valence-corrected chi connectivity index (χ2v) is 5.31. The molecular weight excluding hydrogens is 190 g/mol. The van der Waals surface area contributed by atoms with Gasteiger partial charge in [0.2, 0.25) is 0 Å². The standard InChI is InChI=1S/C12H23NO2/c1-9(8-12(3,4)5)11(14)15-10(2)13(6)7/h10H,1,8H2,2-7H3. The van der Waals surface area contributed by atoms with Crippen LogP contribution in [0.25, 0.3) is 0 Å². The van der Waals surface area contributed by atoms with Gasteiger partial charge in [-0.2, -0.15) is 0 Å². The Labute approximate surface area is 93.1 Å². The summed E-state index contributed by atoms with van der Waals surface area (Å²) in [5.41, 5.74) is 0.605. The molecule has 0 aliphatic carbocycles. The quantitative estimate of drug-likeness (QED) is 0.408. The van der Waals surface area contributed by atoms with Gasteiger partial charge in [0.25, 0.3) is 0 Å². The average molecular weight is 213 g/mol. The fourth-order valence-electron chi connectivity index (χ4n) is 1.06. The maximum atomic E-state index is 11.6. The zero-order valence-electron chi connectivity index (χ0n) is 10.8.